The van der Waals surface area contributed by atoms with Crippen LogP contribution in [0.25, 0.3) is 6.08 Å². The molecule has 1 fully saturated rings. The SMILES string of the molecule is O=C1N=C(N2CCC(Cc3ccccc3)CC2)S/C1=C\c1ccccc1O. The van der Waals surface area contributed by atoms with Crippen LogP contribution < -0.4 is 0 Å². The first-order valence-electron chi connectivity index (χ1n) is 9.28. The van der Waals surface area contributed by atoms with Gasteiger partial charge in [-0.1, -0.05) is 48.5 Å². The number of amides is 1. The van der Waals surface area contributed by atoms with Crippen molar-refractivity contribution in [3.05, 3.63) is 70.6 Å². The smallest absolute Gasteiger partial charge is 0.286 e. The van der Waals surface area contributed by atoms with Crippen LogP contribution in [0.1, 0.15) is 24.0 Å². The van der Waals surface area contributed by atoms with Gasteiger partial charge in [-0.05, 0) is 54.6 Å². The second-order valence-corrected chi connectivity index (χ2v) is 8.00. The average molecular weight is 378 g/mol. The number of aliphatic imine (C=N–C) groups is 1. The summed E-state index contributed by atoms with van der Waals surface area (Å²) in [6.45, 7) is 1.86. The number of hydrogen-bond acceptors (Lipinski definition) is 4. The Morgan fingerprint density at radius 2 is 1.78 bits per heavy atom. The first kappa shape index (κ1) is 17.9. The molecule has 2 aromatic rings. The highest BCUT2D eigenvalue weighted by Crippen LogP contribution is 2.33. The Hall–Kier alpha value is -2.53. The molecule has 0 aromatic heterocycles. The molecule has 5 heteroatoms. The van der Waals surface area contributed by atoms with E-state index in [-0.39, 0.29) is 11.7 Å². The highest BCUT2D eigenvalue weighted by atomic mass is 32.2. The Morgan fingerprint density at radius 1 is 1.07 bits per heavy atom. The van der Waals surface area contributed by atoms with Crippen LogP contribution in [-0.4, -0.2) is 34.2 Å². The van der Waals surface area contributed by atoms with Gasteiger partial charge in [-0.25, -0.2) is 0 Å². The van der Waals surface area contributed by atoms with Gasteiger partial charge in [0.05, 0.1) is 4.91 Å². The summed E-state index contributed by atoms with van der Waals surface area (Å²) in [5, 5.41) is 10.7. The zero-order valence-corrected chi connectivity index (χ0v) is 15.9. The molecule has 1 saturated heterocycles. The molecule has 4 rings (SSSR count). The van der Waals surface area contributed by atoms with Gasteiger partial charge in [0.1, 0.15) is 5.75 Å². The van der Waals surface area contributed by atoms with Gasteiger partial charge in [-0.2, -0.15) is 4.99 Å². The molecule has 1 amide bonds. The Balaban J connectivity index is 1.36. The van der Waals surface area contributed by atoms with Crippen LogP contribution in [-0.2, 0) is 11.2 Å². The maximum Gasteiger partial charge on any atom is 0.286 e. The van der Waals surface area contributed by atoms with Crippen molar-refractivity contribution < 1.29 is 9.90 Å². The maximum atomic E-state index is 12.3. The summed E-state index contributed by atoms with van der Waals surface area (Å²) < 4.78 is 0. The largest absolute Gasteiger partial charge is 0.507 e. The zero-order valence-electron chi connectivity index (χ0n) is 15.0. The van der Waals surface area contributed by atoms with Gasteiger partial charge >= 0.3 is 0 Å². The molecule has 0 atom stereocenters. The molecule has 0 unspecified atom stereocenters. The molecule has 1 N–H and O–H groups in total. The average Bonchev–Trinajstić information content (AvgIpc) is 3.05. The molecular formula is C22H22N2O2S. The van der Waals surface area contributed by atoms with Crippen molar-refractivity contribution in [1.29, 1.82) is 0 Å². The second kappa shape index (κ2) is 8.01. The molecule has 0 aliphatic carbocycles. The van der Waals surface area contributed by atoms with E-state index in [2.05, 4.69) is 40.2 Å². The van der Waals surface area contributed by atoms with Gasteiger partial charge in [-0.3, -0.25) is 4.79 Å². The molecule has 138 valence electrons. The number of phenols is 1. The monoisotopic (exact) mass is 378 g/mol. The van der Waals surface area contributed by atoms with E-state index in [9.17, 15) is 9.90 Å². The number of amidine groups is 1. The molecule has 0 bridgehead atoms. The van der Waals surface area contributed by atoms with E-state index in [1.165, 1.54) is 17.3 Å². The zero-order chi connectivity index (χ0) is 18.6. The summed E-state index contributed by atoms with van der Waals surface area (Å²) >= 11 is 1.41. The number of aromatic hydroxyl groups is 1. The van der Waals surface area contributed by atoms with E-state index >= 15 is 0 Å². The summed E-state index contributed by atoms with van der Waals surface area (Å²) in [6, 6.07) is 17.7. The lowest BCUT2D eigenvalue weighted by Crippen LogP contribution is -2.37. The summed E-state index contributed by atoms with van der Waals surface area (Å²) in [5.74, 6) is 0.640. The van der Waals surface area contributed by atoms with Crippen LogP contribution in [0.4, 0.5) is 0 Å². The van der Waals surface area contributed by atoms with Gasteiger partial charge in [0, 0.05) is 18.7 Å². The van der Waals surface area contributed by atoms with E-state index in [1.54, 1.807) is 24.3 Å². The minimum Gasteiger partial charge on any atom is -0.507 e. The number of para-hydroxylation sites is 1. The van der Waals surface area contributed by atoms with Gasteiger partial charge < -0.3 is 10.0 Å². The fraction of sp³-hybridized carbons (Fsp3) is 0.273. The first-order chi connectivity index (χ1) is 13.2. The number of benzene rings is 2. The van der Waals surface area contributed by atoms with Crippen molar-refractivity contribution in [2.75, 3.05) is 13.1 Å². The number of carbonyl (C=O) groups is 1. The molecule has 2 heterocycles. The molecule has 0 radical (unpaired) electrons. The Labute approximate surface area is 163 Å². The summed E-state index contributed by atoms with van der Waals surface area (Å²) in [5.41, 5.74) is 2.04. The molecule has 27 heavy (non-hydrogen) atoms. The quantitative estimate of drug-likeness (QED) is 0.809. The van der Waals surface area contributed by atoms with Crippen molar-refractivity contribution in [3.63, 3.8) is 0 Å². The molecule has 4 nitrogen and oxygen atoms in total. The lowest BCUT2D eigenvalue weighted by Gasteiger charge is -2.32. The van der Waals surface area contributed by atoms with Crippen molar-refractivity contribution in [1.82, 2.24) is 4.90 Å². The third-order valence-corrected chi connectivity index (χ3v) is 6.13. The second-order valence-electron chi connectivity index (χ2n) is 6.99. The molecule has 0 spiro atoms. The summed E-state index contributed by atoms with van der Waals surface area (Å²) in [6.07, 6.45) is 5.06. The molecule has 2 aliphatic heterocycles. The highest BCUT2D eigenvalue weighted by Gasteiger charge is 2.29. The maximum absolute atomic E-state index is 12.3. The standard InChI is InChI=1S/C22H22N2O2S/c25-19-9-5-4-8-18(19)15-20-21(26)23-22(27-20)24-12-10-17(11-13-24)14-16-6-2-1-3-7-16/h1-9,15,17,25H,10-14H2/b20-15-. The van der Waals surface area contributed by atoms with Crippen LogP contribution in [0, 0.1) is 5.92 Å². The number of carbonyl (C=O) groups excluding carboxylic acids is 1. The van der Waals surface area contributed by atoms with Gasteiger partial charge in [-0.15, -0.1) is 0 Å². The van der Waals surface area contributed by atoms with Crippen LogP contribution in [0.3, 0.4) is 0 Å². The van der Waals surface area contributed by atoms with Gasteiger partial charge in [0.15, 0.2) is 5.17 Å². The van der Waals surface area contributed by atoms with Gasteiger partial charge in [0.2, 0.25) is 0 Å². The van der Waals surface area contributed by atoms with E-state index in [0.29, 0.717) is 16.4 Å². The Bertz CT molecular complexity index is 884. The number of likely N-dealkylation sites (tertiary alicyclic amines) is 1. The van der Waals surface area contributed by atoms with Crippen LogP contribution >= 0.6 is 11.8 Å². The fourth-order valence-corrected chi connectivity index (χ4v) is 4.52. The third-order valence-electron chi connectivity index (χ3n) is 5.08. The lowest BCUT2D eigenvalue weighted by atomic mass is 9.90. The lowest BCUT2D eigenvalue weighted by molar-refractivity contribution is -0.113. The minimum absolute atomic E-state index is 0.175. The van der Waals surface area contributed by atoms with Crippen molar-refractivity contribution in [2.24, 2.45) is 10.9 Å². The first-order valence-corrected chi connectivity index (χ1v) is 10.1. The van der Waals surface area contributed by atoms with Crippen molar-refractivity contribution in [2.45, 2.75) is 19.3 Å². The van der Waals surface area contributed by atoms with Crippen LogP contribution in [0.5, 0.6) is 5.75 Å². The van der Waals surface area contributed by atoms with E-state index in [4.69, 9.17) is 0 Å². The Morgan fingerprint density at radius 3 is 2.52 bits per heavy atom. The van der Waals surface area contributed by atoms with Crippen molar-refractivity contribution >= 4 is 28.9 Å². The van der Waals surface area contributed by atoms with E-state index in [1.807, 2.05) is 6.07 Å². The normalized spacial score (nSPS) is 19.6. The minimum atomic E-state index is -0.218. The van der Waals surface area contributed by atoms with Crippen LogP contribution in [0.15, 0.2) is 64.5 Å². The number of piperidine rings is 1. The predicted molar refractivity (Wildman–Crippen MR) is 111 cm³/mol. The van der Waals surface area contributed by atoms with Crippen LogP contribution in [0.2, 0.25) is 0 Å². The Kier molecular flexibility index (Phi) is 5.30. The number of rotatable bonds is 3. The number of nitrogens with zero attached hydrogens (tertiary/aromatic N) is 2. The third kappa shape index (κ3) is 4.25. The highest BCUT2D eigenvalue weighted by molar-refractivity contribution is 8.18. The van der Waals surface area contributed by atoms with Crippen molar-refractivity contribution in [3.8, 4) is 5.75 Å². The number of hydrogen-bond donors (Lipinski definition) is 1. The molecular weight excluding hydrogens is 356 g/mol. The van der Waals surface area contributed by atoms with Gasteiger partial charge in [0.25, 0.3) is 5.91 Å². The molecule has 0 saturated carbocycles. The summed E-state index contributed by atoms with van der Waals surface area (Å²) in [7, 11) is 0. The molecule has 2 aliphatic rings. The number of phenolic OH excluding ortho intramolecular Hbond substituents is 1. The fourth-order valence-electron chi connectivity index (χ4n) is 3.56. The topological polar surface area (TPSA) is 52.9 Å². The van der Waals surface area contributed by atoms with E-state index < -0.39 is 0 Å². The molecule has 2 aromatic carbocycles. The summed E-state index contributed by atoms with van der Waals surface area (Å²) in [4.78, 5) is 19.3. The van der Waals surface area contributed by atoms with E-state index in [0.717, 1.165) is 37.5 Å². The number of thioether (sulfide) groups is 1. The predicted octanol–water partition coefficient (Wildman–Crippen LogP) is 4.32.